The van der Waals surface area contributed by atoms with Gasteiger partial charge >= 0.3 is 0 Å². The molecule has 2 aromatic heterocycles. The third-order valence-electron chi connectivity index (χ3n) is 3.62. The first-order chi connectivity index (χ1) is 11.3. The lowest BCUT2D eigenvalue weighted by atomic mass is 10.1. The highest BCUT2D eigenvalue weighted by molar-refractivity contribution is 5.96. The van der Waals surface area contributed by atoms with Gasteiger partial charge in [-0.2, -0.15) is 0 Å². The number of amides is 1. The average molecular weight is 306 g/mol. The van der Waals surface area contributed by atoms with Crippen LogP contribution in [0.3, 0.4) is 0 Å². The topological polar surface area (TPSA) is 55.1 Å². The first kappa shape index (κ1) is 15.0. The van der Waals surface area contributed by atoms with Gasteiger partial charge in [-0.1, -0.05) is 31.2 Å². The van der Waals surface area contributed by atoms with Gasteiger partial charge in [0.05, 0.1) is 0 Å². The van der Waals surface area contributed by atoms with Gasteiger partial charge in [-0.25, -0.2) is 0 Å². The fourth-order valence-corrected chi connectivity index (χ4v) is 2.47. The maximum Gasteiger partial charge on any atom is 0.244 e. The Hall–Kier alpha value is -2.88. The minimum absolute atomic E-state index is 0.138. The normalized spacial score (nSPS) is 11.2. The Labute approximate surface area is 134 Å². The third-order valence-corrected chi connectivity index (χ3v) is 3.62. The third kappa shape index (κ3) is 3.48. The number of furan rings is 1. The lowest BCUT2D eigenvalue weighted by Gasteiger charge is -2.01. The molecule has 4 heteroatoms. The van der Waals surface area contributed by atoms with Crippen molar-refractivity contribution in [3.63, 3.8) is 0 Å². The summed E-state index contributed by atoms with van der Waals surface area (Å²) < 4.78 is 5.82. The molecule has 0 atom stereocenters. The number of para-hydroxylation sites is 1. The standard InChI is InChI=1S/C19H18N2O2/c1-2-17-16(15-7-3-4-8-18(15)23-17)9-10-19(22)21-13-14-6-5-11-20-12-14/h3-12H,2,13H2,1H3,(H,21,22)/b10-9+. The van der Waals surface area contributed by atoms with Gasteiger partial charge in [0, 0.05) is 42.4 Å². The van der Waals surface area contributed by atoms with E-state index in [0.717, 1.165) is 34.3 Å². The van der Waals surface area contributed by atoms with Crippen LogP contribution in [0.4, 0.5) is 0 Å². The summed E-state index contributed by atoms with van der Waals surface area (Å²) in [5.41, 5.74) is 2.79. The van der Waals surface area contributed by atoms with E-state index in [4.69, 9.17) is 4.42 Å². The Morgan fingerprint density at radius 2 is 2.13 bits per heavy atom. The van der Waals surface area contributed by atoms with E-state index in [0.29, 0.717) is 6.54 Å². The highest BCUT2D eigenvalue weighted by Gasteiger charge is 2.10. The second-order valence-electron chi connectivity index (χ2n) is 5.20. The molecule has 0 fully saturated rings. The molecule has 0 unspecified atom stereocenters. The number of nitrogens with one attached hydrogen (secondary N) is 1. The minimum Gasteiger partial charge on any atom is -0.460 e. The number of hydrogen-bond donors (Lipinski definition) is 1. The molecule has 0 spiro atoms. The summed E-state index contributed by atoms with van der Waals surface area (Å²) >= 11 is 0. The molecule has 3 aromatic rings. The minimum atomic E-state index is -0.138. The van der Waals surface area contributed by atoms with Gasteiger partial charge in [0.2, 0.25) is 5.91 Å². The molecular formula is C19H18N2O2. The molecule has 0 saturated carbocycles. The fourth-order valence-electron chi connectivity index (χ4n) is 2.47. The van der Waals surface area contributed by atoms with E-state index in [1.165, 1.54) is 0 Å². The summed E-state index contributed by atoms with van der Waals surface area (Å²) in [7, 11) is 0. The highest BCUT2D eigenvalue weighted by atomic mass is 16.3. The zero-order chi connectivity index (χ0) is 16.1. The van der Waals surface area contributed by atoms with Gasteiger partial charge in [-0.15, -0.1) is 0 Å². The van der Waals surface area contributed by atoms with E-state index in [2.05, 4.69) is 10.3 Å². The number of aryl methyl sites for hydroxylation is 1. The molecule has 23 heavy (non-hydrogen) atoms. The van der Waals surface area contributed by atoms with Crippen LogP contribution < -0.4 is 5.32 Å². The molecule has 1 amide bonds. The molecule has 0 bridgehead atoms. The molecule has 0 aliphatic rings. The molecule has 1 aromatic carbocycles. The predicted octanol–water partition coefficient (Wildman–Crippen LogP) is 3.72. The van der Waals surface area contributed by atoms with Crippen molar-refractivity contribution < 1.29 is 9.21 Å². The zero-order valence-corrected chi connectivity index (χ0v) is 13.0. The summed E-state index contributed by atoms with van der Waals surface area (Å²) in [5, 5.41) is 3.88. The van der Waals surface area contributed by atoms with Gasteiger partial charge in [0.25, 0.3) is 0 Å². The van der Waals surface area contributed by atoms with Gasteiger partial charge in [0.15, 0.2) is 0 Å². The number of pyridine rings is 1. The van der Waals surface area contributed by atoms with Crippen molar-refractivity contribution in [2.24, 2.45) is 0 Å². The predicted molar refractivity (Wildman–Crippen MR) is 90.7 cm³/mol. The van der Waals surface area contributed by atoms with E-state index in [-0.39, 0.29) is 5.91 Å². The van der Waals surface area contributed by atoms with Crippen LogP contribution in [0.25, 0.3) is 17.0 Å². The Balaban J connectivity index is 1.73. The summed E-state index contributed by atoms with van der Waals surface area (Å²) in [6.45, 7) is 2.50. The number of aromatic nitrogens is 1. The first-order valence-corrected chi connectivity index (χ1v) is 7.63. The SMILES string of the molecule is CCc1oc2ccccc2c1/C=C/C(=O)NCc1cccnc1. The summed E-state index contributed by atoms with van der Waals surface area (Å²) in [4.78, 5) is 16.0. The van der Waals surface area contributed by atoms with Crippen LogP contribution in [0.15, 0.2) is 59.3 Å². The summed E-state index contributed by atoms with van der Waals surface area (Å²) in [6, 6.07) is 11.6. The molecule has 3 rings (SSSR count). The Morgan fingerprint density at radius 3 is 2.91 bits per heavy atom. The maximum atomic E-state index is 12.0. The highest BCUT2D eigenvalue weighted by Crippen LogP contribution is 2.27. The van der Waals surface area contributed by atoms with Crippen LogP contribution in [0.2, 0.25) is 0 Å². The van der Waals surface area contributed by atoms with E-state index in [9.17, 15) is 4.79 Å². The molecule has 0 aliphatic heterocycles. The fraction of sp³-hybridized carbons (Fsp3) is 0.158. The molecule has 2 heterocycles. The van der Waals surface area contributed by atoms with Crippen molar-refractivity contribution in [1.29, 1.82) is 0 Å². The largest absolute Gasteiger partial charge is 0.460 e. The number of hydrogen-bond acceptors (Lipinski definition) is 3. The quantitative estimate of drug-likeness (QED) is 0.731. The molecular weight excluding hydrogens is 288 g/mol. The maximum absolute atomic E-state index is 12.0. The Morgan fingerprint density at radius 1 is 1.26 bits per heavy atom. The lowest BCUT2D eigenvalue weighted by molar-refractivity contribution is -0.116. The molecule has 0 radical (unpaired) electrons. The van der Waals surface area contributed by atoms with E-state index < -0.39 is 0 Å². The van der Waals surface area contributed by atoms with Crippen LogP contribution in [0.1, 0.15) is 23.8 Å². The van der Waals surface area contributed by atoms with Crippen molar-refractivity contribution in [2.75, 3.05) is 0 Å². The van der Waals surface area contributed by atoms with E-state index in [1.807, 2.05) is 49.4 Å². The van der Waals surface area contributed by atoms with Crippen molar-refractivity contribution in [1.82, 2.24) is 10.3 Å². The Bertz CT molecular complexity index is 835. The van der Waals surface area contributed by atoms with Gasteiger partial charge in [0.1, 0.15) is 11.3 Å². The second kappa shape index (κ2) is 6.92. The smallest absolute Gasteiger partial charge is 0.244 e. The Kier molecular flexibility index (Phi) is 4.52. The second-order valence-corrected chi connectivity index (χ2v) is 5.20. The number of benzene rings is 1. The van der Waals surface area contributed by atoms with Crippen LogP contribution in [-0.2, 0) is 17.8 Å². The monoisotopic (exact) mass is 306 g/mol. The van der Waals surface area contributed by atoms with Crippen LogP contribution in [-0.4, -0.2) is 10.9 Å². The molecule has 0 aliphatic carbocycles. The number of nitrogens with zero attached hydrogens (tertiary/aromatic N) is 1. The number of carbonyl (C=O) groups is 1. The molecule has 1 N–H and O–H groups in total. The van der Waals surface area contributed by atoms with Crippen molar-refractivity contribution in [3.05, 3.63) is 71.8 Å². The zero-order valence-electron chi connectivity index (χ0n) is 13.0. The number of fused-ring (bicyclic) bond motifs is 1. The van der Waals surface area contributed by atoms with Crippen LogP contribution in [0, 0.1) is 0 Å². The van der Waals surface area contributed by atoms with Gasteiger partial charge in [-0.3, -0.25) is 9.78 Å². The van der Waals surface area contributed by atoms with Gasteiger partial charge < -0.3 is 9.73 Å². The summed E-state index contributed by atoms with van der Waals surface area (Å²) in [6.07, 6.45) is 7.60. The molecule has 116 valence electrons. The van der Waals surface area contributed by atoms with E-state index >= 15 is 0 Å². The van der Waals surface area contributed by atoms with Crippen LogP contribution in [0.5, 0.6) is 0 Å². The first-order valence-electron chi connectivity index (χ1n) is 7.63. The van der Waals surface area contributed by atoms with Crippen molar-refractivity contribution in [2.45, 2.75) is 19.9 Å². The molecule has 4 nitrogen and oxygen atoms in total. The van der Waals surface area contributed by atoms with Crippen molar-refractivity contribution in [3.8, 4) is 0 Å². The number of carbonyl (C=O) groups excluding carboxylic acids is 1. The van der Waals surface area contributed by atoms with Crippen molar-refractivity contribution >= 4 is 23.0 Å². The van der Waals surface area contributed by atoms with Crippen LogP contribution >= 0.6 is 0 Å². The van der Waals surface area contributed by atoms with E-state index in [1.54, 1.807) is 18.5 Å². The molecule has 0 saturated heterocycles. The lowest BCUT2D eigenvalue weighted by Crippen LogP contribution is -2.20. The number of rotatable bonds is 5. The van der Waals surface area contributed by atoms with Gasteiger partial charge in [-0.05, 0) is 23.8 Å². The average Bonchev–Trinajstić information content (AvgIpc) is 2.97. The summed E-state index contributed by atoms with van der Waals surface area (Å²) in [5.74, 6) is 0.753.